The number of nitrogens with zero attached hydrogens (tertiary/aromatic N) is 1. The largest absolute Gasteiger partial charge is 1.00 e. The number of hydrogen-bond donors (Lipinski definition) is 1. The Hall–Kier alpha value is -1.56. The van der Waals surface area contributed by atoms with Crippen molar-refractivity contribution in [2.75, 3.05) is 33.9 Å². The lowest BCUT2D eigenvalue weighted by molar-refractivity contribution is -0.925. The van der Waals surface area contributed by atoms with Gasteiger partial charge in [0, 0.05) is 5.56 Å². The highest BCUT2D eigenvalue weighted by molar-refractivity contribution is 5.39. The van der Waals surface area contributed by atoms with Gasteiger partial charge in [-0.1, -0.05) is 101 Å². The van der Waals surface area contributed by atoms with Crippen LogP contribution in [0.5, 0.6) is 11.5 Å². The van der Waals surface area contributed by atoms with Crippen LogP contribution in [0.2, 0.25) is 0 Å². The number of aliphatic hydroxyl groups is 1. The fraction of sp³-hybridized carbons (Fsp3) is 0.600. The molecule has 0 fully saturated rings. The van der Waals surface area contributed by atoms with Gasteiger partial charge in [0.2, 0.25) is 0 Å². The highest BCUT2D eigenvalue weighted by Gasteiger charge is 2.26. The summed E-state index contributed by atoms with van der Waals surface area (Å²) in [6, 6.07) is 18.2. The standard InChI is InChI=1S/C30H48NO3.BrH/c1-4-5-6-7-8-9-10-11-12-18-23-31(2,24-27-19-14-13-15-20-27)25-28(32)26-34-30-22-17-16-21-29(30)33-3;/h13-17,19-22,28,32H,4-12,18,23-26H2,1-3H3;1H/q+1;/p-1. The lowest BCUT2D eigenvalue weighted by atomic mass is 10.1. The number of halogens is 1. The van der Waals surface area contributed by atoms with Crippen molar-refractivity contribution in [3.8, 4) is 11.5 Å². The molecule has 2 aromatic carbocycles. The minimum Gasteiger partial charge on any atom is -1.00 e. The molecule has 0 aliphatic rings. The number of benzene rings is 2. The van der Waals surface area contributed by atoms with Gasteiger partial charge in [-0.25, -0.2) is 0 Å². The number of quaternary nitrogens is 1. The number of hydrogen-bond acceptors (Lipinski definition) is 3. The number of likely N-dealkylation sites (N-methyl/N-ethyl adjacent to an activating group) is 1. The van der Waals surface area contributed by atoms with Gasteiger partial charge in [0.25, 0.3) is 0 Å². The van der Waals surface area contributed by atoms with E-state index in [1.165, 1.54) is 69.8 Å². The van der Waals surface area contributed by atoms with E-state index >= 15 is 0 Å². The summed E-state index contributed by atoms with van der Waals surface area (Å²) in [5.41, 5.74) is 1.31. The molecule has 2 aromatic rings. The first-order chi connectivity index (χ1) is 16.6. The molecule has 198 valence electrons. The topological polar surface area (TPSA) is 38.7 Å². The van der Waals surface area contributed by atoms with Crippen LogP contribution < -0.4 is 26.5 Å². The van der Waals surface area contributed by atoms with Crippen molar-refractivity contribution in [2.45, 2.75) is 83.8 Å². The molecule has 2 rings (SSSR count). The summed E-state index contributed by atoms with van der Waals surface area (Å²) in [5.74, 6) is 1.37. The molecule has 0 amide bonds. The lowest BCUT2D eigenvalue weighted by Crippen LogP contribution is -3.00. The van der Waals surface area contributed by atoms with E-state index < -0.39 is 6.10 Å². The molecule has 0 heterocycles. The van der Waals surface area contributed by atoms with Crippen LogP contribution in [-0.2, 0) is 6.54 Å². The van der Waals surface area contributed by atoms with Crippen LogP contribution >= 0.6 is 0 Å². The predicted molar refractivity (Wildman–Crippen MR) is 142 cm³/mol. The second kappa shape index (κ2) is 18.7. The van der Waals surface area contributed by atoms with E-state index in [1.54, 1.807) is 7.11 Å². The van der Waals surface area contributed by atoms with Crippen molar-refractivity contribution in [2.24, 2.45) is 0 Å². The Balaban J connectivity index is 0.00000612. The van der Waals surface area contributed by atoms with Crippen LogP contribution in [0, 0.1) is 0 Å². The van der Waals surface area contributed by atoms with Crippen molar-refractivity contribution in [3.63, 3.8) is 0 Å². The minimum atomic E-state index is -0.540. The Morgan fingerprint density at radius 2 is 1.31 bits per heavy atom. The maximum absolute atomic E-state index is 10.9. The predicted octanol–water partition coefficient (Wildman–Crippen LogP) is 4.01. The summed E-state index contributed by atoms with van der Waals surface area (Å²) in [4.78, 5) is 0. The van der Waals surface area contributed by atoms with Gasteiger partial charge in [-0.15, -0.1) is 0 Å². The third kappa shape index (κ3) is 13.4. The smallest absolute Gasteiger partial charge is 0.161 e. The van der Waals surface area contributed by atoms with E-state index in [0.29, 0.717) is 18.0 Å². The molecule has 0 bridgehead atoms. The van der Waals surface area contributed by atoms with Gasteiger partial charge in [0.1, 0.15) is 25.8 Å². The Labute approximate surface area is 225 Å². The van der Waals surface area contributed by atoms with Crippen LogP contribution in [0.3, 0.4) is 0 Å². The first-order valence-electron chi connectivity index (χ1n) is 13.4. The fourth-order valence-electron chi connectivity index (χ4n) is 4.73. The van der Waals surface area contributed by atoms with E-state index in [0.717, 1.165) is 17.6 Å². The van der Waals surface area contributed by atoms with Gasteiger partial charge in [-0.2, -0.15) is 0 Å². The average Bonchev–Trinajstić information content (AvgIpc) is 2.84. The van der Waals surface area contributed by atoms with Crippen molar-refractivity contribution in [1.82, 2.24) is 0 Å². The maximum Gasteiger partial charge on any atom is 0.161 e. The molecule has 1 N–H and O–H groups in total. The fourth-order valence-corrected chi connectivity index (χ4v) is 4.73. The van der Waals surface area contributed by atoms with Crippen molar-refractivity contribution >= 4 is 0 Å². The van der Waals surface area contributed by atoms with Crippen LogP contribution in [0.15, 0.2) is 54.6 Å². The minimum absolute atomic E-state index is 0. The highest BCUT2D eigenvalue weighted by atomic mass is 79.9. The van der Waals surface area contributed by atoms with Gasteiger partial charge in [-0.3, -0.25) is 0 Å². The van der Waals surface area contributed by atoms with Crippen LogP contribution in [0.25, 0.3) is 0 Å². The van der Waals surface area contributed by atoms with E-state index in [4.69, 9.17) is 9.47 Å². The number of aliphatic hydroxyl groups excluding tert-OH is 1. The molecule has 0 aromatic heterocycles. The van der Waals surface area contributed by atoms with Gasteiger partial charge >= 0.3 is 0 Å². The third-order valence-electron chi connectivity index (χ3n) is 6.61. The second-order valence-electron chi connectivity index (χ2n) is 9.97. The number of methoxy groups -OCH3 is 1. The molecule has 4 nitrogen and oxygen atoms in total. The molecule has 0 saturated carbocycles. The number of rotatable bonds is 19. The monoisotopic (exact) mass is 549 g/mol. The molecule has 2 unspecified atom stereocenters. The summed E-state index contributed by atoms with van der Waals surface area (Å²) in [5, 5.41) is 10.9. The quantitative estimate of drug-likeness (QED) is 0.212. The Morgan fingerprint density at radius 3 is 1.91 bits per heavy atom. The van der Waals surface area contributed by atoms with Gasteiger partial charge in [0.05, 0.1) is 20.7 Å². The molecular weight excluding hydrogens is 502 g/mol. The van der Waals surface area contributed by atoms with Crippen LogP contribution in [0.4, 0.5) is 0 Å². The summed E-state index contributed by atoms with van der Waals surface area (Å²) in [7, 11) is 3.91. The molecular formula is C30H48BrNO3. The first-order valence-corrected chi connectivity index (χ1v) is 13.4. The van der Waals surface area contributed by atoms with Crippen molar-refractivity contribution in [1.29, 1.82) is 0 Å². The average molecular weight is 551 g/mol. The molecule has 2 atom stereocenters. The molecule has 0 spiro atoms. The van der Waals surface area contributed by atoms with Crippen molar-refractivity contribution in [3.05, 3.63) is 60.2 Å². The molecule has 35 heavy (non-hydrogen) atoms. The zero-order chi connectivity index (χ0) is 24.5. The normalized spacial score (nSPS) is 13.5. The first kappa shape index (κ1) is 31.5. The summed E-state index contributed by atoms with van der Waals surface area (Å²) >= 11 is 0. The second-order valence-corrected chi connectivity index (χ2v) is 9.97. The molecule has 0 aliphatic carbocycles. The number of ether oxygens (including phenoxy) is 2. The van der Waals surface area contributed by atoms with Crippen molar-refractivity contribution < 1.29 is 36.0 Å². The zero-order valence-electron chi connectivity index (χ0n) is 22.3. The van der Waals surface area contributed by atoms with Gasteiger partial charge in [0.15, 0.2) is 11.5 Å². The van der Waals surface area contributed by atoms with E-state index in [1.807, 2.05) is 24.3 Å². The SMILES string of the molecule is CCCCCCCCCCCC[N+](C)(Cc1ccccc1)CC(O)COc1ccccc1OC.[Br-]. The zero-order valence-corrected chi connectivity index (χ0v) is 23.8. The van der Waals surface area contributed by atoms with E-state index in [2.05, 4.69) is 44.3 Å². The molecule has 0 radical (unpaired) electrons. The number of unbranched alkanes of at least 4 members (excludes halogenated alkanes) is 9. The highest BCUT2D eigenvalue weighted by Crippen LogP contribution is 2.26. The third-order valence-corrected chi connectivity index (χ3v) is 6.61. The molecule has 5 heteroatoms. The summed E-state index contributed by atoms with van der Waals surface area (Å²) < 4.78 is 12.1. The summed E-state index contributed by atoms with van der Waals surface area (Å²) in [6.07, 6.45) is 12.9. The molecule has 0 aliphatic heterocycles. The van der Waals surface area contributed by atoms with Gasteiger partial charge < -0.3 is 36.0 Å². The summed E-state index contributed by atoms with van der Waals surface area (Å²) in [6.45, 7) is 5.19. The van der Waals surface area contributed by atoms with Crippen LogP contribution in [-0.4, -0.2) is 49.5 Å². The van der Waals surface area contributed by atoms with E-state index in [-0.39, 0.29) is 23.6 Å². The Bertz CT molecular complexity index is 773. The lowest BCUT2D eigenvalue weighted by Gasteiger charge is -2.36. The molecule has 0 saturated heterocycles. The Kier molecular flexibility index (Phi) is 16.8. The number of para-hydroxylation sites is 2. The van der Waals surface area contributed by atoms with Crippen LogP contribution in [0.1, 0.15) is 76.7 Å². The van der Waals surface area contributed by atoms with E-state index in [9.17, 15) is 5.11 Å². The Morgan fingerprint density at radius 1 is 0.771 bits per heavy atom. The van der Waals surface area contributed by atoms with Gasteiger partial charge in [-0.05, 0) is 25.0 Å². The maximum atomic E-state index is 10.9.